The number of hydrogen-bond donors (Lipinski definition) is 0. The molecule has 4 nitrogen and oxygen atoms in total. The first-order chi connectivity index (χ1) is 7.54. The molecular formula is C11H17ClN2O2. The third-order valence-corrected chi connectivity index (χ3v) is 2.45. The second-order valence-electron chi connectivity index (χ2n) is 3.63. The van der Waals surface area contributed by atoms with Gasteiger partial charge in [-0.3, -0.25) is 0 Å². The minimum atomic E-state index is -0.408. The van der Waals surface area contributed by atoms with Gasteiger partial charge in [-0.25, -0.2) is 4.98 Å². The first kappa shape index (κ1) is 13.2. The second kappa shape index (κ2) is 4.97. The summed E-state index contributed by atoms with van der Waals surface area (Å²) in [5.74, 6) is 0.505. The summed E-state index contributed by atoms with van der Waals surface area (Å²) in [5, 5.41) is 0.194. The second-order valence-corrected chi connectivity index (χ2v) is 3.97. The van der Waals surface area contributed by atoms with Gasteiger partial charge in [-0.15, -0.1) is 0 Å². The van der Waals surface area contributed by atoms with E-state index in [1.165, 1.54) is 0 Å². The van der Waals surface area contributed by atoms with Crippen LogP contribution in [0.1, 0.15) is 39.0 Å². The van der Waals surface area contributed by atoms with Crippen LogP contribution in [0.4, 0.5) is 0 Å². The molecule has 0 unspecified atom stereocenters. The van der Waals surface area contributed by atoms with Crippen LogP contribution in [0.5, 0.6) is 5.88 Å². The smallest absolute Gasteiger partial charge is 0.226 e. The van der Waals surface area contributed by atoms with Crippen molar-refractivity contribution in [2.45, 2.75) is 39.9 Å². The van der Waals surface area contributed by atoms with Gasteiger partial charge in [0.1, 0.15) is 5.60 Å². The van der Waals surface area contributed by atoms with Gasteiger partial charge in [-0.1, -0.05) is 13.8 Å². The van der Waals surface area contributed by atoms with Crippen LogP contribution in [0.15, 0.2) is 0 Å². The molecule has 0 fully saturated rings. The predicted molar refractivity (Wildman–Crippen MR) is 62.8 cm³/mol. The fraction of sp³-hybridized carbons (Fsp3) is 0.636. The van der Waals surface area contributed by atoms with Gasteiger partial charge in [0, 0.05) is 0 Å². The van der Waals surface area contributed by atoms with Crippen molar-refractivity contribution >= 4 is 11.6 Å². The van der Waals surface area contributed by atoms with E-state index in [0.29, 0.717) is 12.5 Å². The van der Waals surface area contributed by atoms with Crippen molar-refractivity contribution in [1.29, 1.82) is 0 Å². The van der Waals surface area contributed by atoms with E-state index in [4.69, 9.17) is 21.1 Å². The number of fused-ring (bicyclic) bond motifs is 1. The number of rotatable bonds is 1. The first-order valence-corrected chi connectivity index (χ1v) is 5.67. The third kappa shape index (κ3) is 2.28. The summed E-state index contributed by atoms with van der Waals surface area (Å²) in [7, 11) is 1.56. The molecule has 2 heterocycles. The Balaban J connectivity index is 0.000000606. The number of hydrogen-bond acceptors (Lipinski definition) is 4. The number of aromatic nitrogens is 2. The summed E-state index contributed by atoms with van der Waals surface area (Å²) in [4.78, 5) is 8.15. The highest BCUT2D eigenvalue weighted by atomic mass is 35.5. The minimum absolute atomic E-state index is 0.194. The molecule has 0 amide bonds. The van der Waals surface area contributed by atoms with Crippen LogP contribution in [0, 0.1) is 0 Å². The number of methoxy groups -OCH3 is 1. The monoisotopic (exact) mass is 244 g/mol. The molecule has 1 aromatic heterocycles. The Morgan fingerprint density at radius 1 is 1.31 bits per heavy atom. The molecule has 1 aliphatic rings. The van der Waals surface area contributed by atoms with Crippen LogP contribution in [-0.4, -0.2) is 17.1 Å². The summed E-state index contributed by atoms with van der Waals surface area (Å²) in [5.41, 5.74) is 1.30. The molecule has 2 rings (SSSR count). The molecule has 5 heteroatoms. The molecular weight excluding hydrogens is 228 g/mol. The maximum atomic E-state index is 5.78. The van der Waals surface area contributed by atoms with Gasteiger partial charge in [0.05, 0.1) is 25.0 Å². The summed E-state index contributed by atoms with van der Waals surface area (Å²) in [6.07, 6.45) is 0. The standard InChI is InChI=1S/C9H11ClN2O2.C2H6/c1-9(2)6-5(4-14-9)7(13-3)12-8(10)11-6;1-2/h4H2,1-3H3;1-2H3. The number of halogens is 1. The SMILES string of the molecule is CC.COc1nc(Cl)nc2c1COC2(C)C. The molecule has 0 radical (unpaired) electrons. The average Bonchev–Trinajstić information content (AvgIpc) is 2.57. The molecule has 0 spiro atoms. The van der Waals surface area contributed by atoms with Gasteiger partial charge in [-0.05, 0) is 25.4 Å². The highest BCUT2D eigenvalue weighted by molar-refractivity contribution is 6.28. The van der Waals surface area contributed by atoms with E-state index in [0.717, 1.165) is 11.3 Å². The van der Waals surface area contributed by atoms with Crippen molar-refractivity contribution in [3.63, 3.8) is 0 Å². The largest absolute Gasteiger partial charge is 0.481 e. The topological polar surface area (TPSA) is 44.2 Å². The summed E-state index contributed by atoms with van der Waals surface area (Å²) >= 11 is 5.78. The lowest BCUT2D eigenvalue weighted by molar-refractivity contribution is -0.0103. The molecule has 0 atom stereocenters. The van der Waals surface area contributed by atoms with Crippen molar-refractivity contribution < 1.29 is 9.47 Å². The van der Waals surface area contributed by atoms with E-state index in [2.05, 4.69) is 9.97 Å². The molecule has 1 aliphatic heterocycles. The van der Waals surface area contributed by atoms with Crippen LogP contribution < -0.4 is 4.74 Å². The Kier molecular flexibility index (Phi) is 4.10. The van der Waals surface area contributed by atoms with E-state index in [1.54, 1.807) is 7.11 Å². The summed E-state index contributed by atoms with van der Waals surface area (Å²) in [6, 6.07) is 0. The van der Waals surface area contributed by atoms with Gasteiger partial charge < -0.3 is 9.47 Å². The van der Waals surface area contributed by atoms with Gasteiger partial charge in [0.2, 0.25) is 11.2 Å². The molecule has 0 aliphatic carbocycles. The highest BCUT2D eigenvalue weighted by Gasteiger charge is 2.35. The quantitative estimate of drug-likeness (QED) is 0.713. The maximum absolute atomic E-state index is 5.78. The number of ether oxygens (including phenoxy) is 2. The van der Waals surface area contributed by atoms with Gasteiger partial charge in [-0.2, -0.15) is 4.98 Å². The fourth-order valence-electron chi connectivity index (χ4n) is 1.56. The van der Waals surface area contributed by atoms with Crippen molar-refractivity contribution in [2.24, 2.45) is 0 Å². The Hall–Kier alpha value is -0.870. The van der Waals surface area contributed by atoms with Crippen LogP contribution in [0.3, 0.4) is 0 Å². The zero-order valence-corrected chi connectivity index (χ0v) is 11.1. The lowest BCUT2D eigenvalue weighted by Gasteiger charge is -2.16. The Labute approximate surface area is 101 Å². The molecule has 0 saturated carbocycles. The van der Waals surface area contributed by atoms with E-state index in [9.17, 15) is 0 Å². The molecule has 1 aromatic rings. The normalized spacial score (nSPS) is 16.1. The summed E-state index contributed by atoms with van der Waals surface area (Å²) < 4.78 is 10.7. The molecule has 0 aromatic carbocycles. The van der Waals surface area contributed by atoms with Crippen LogP contribution in [0.25, 0.3) is 0 Å². The van der Waals surface area contributed by atoms with E-state index in [1.807, 2.05) is 27.7 Å². The molecule has 0 bridgehead atoms. The van der Waals surface area contributed by atoms with Crippen molar-refractivity contribution in [3.05, 3.63) is 16.5 Å². The Morgan fingerprint density at radius 3 is 2.50 bits per heavy atom. The highest BCUT2D eigenvalue weighted by Crippen LogP contribution is 2.38. The average molecular weight is 245 g/mol. The zero-order valence-electron chi connectivity index (χ0n) is 10.3. The predicted octanol–water partition coefficient (Wildman–Crippen LogP) is 2.93. The van der Waals surface area contributed by atoms with E-state index >= 15 is 0 Å². The maximum Gasteiger partial charge on any atom is 0.226 e. The lowest BCUT2D eigenvalue weighted by atomic mass is 10.0. The van der Waals surface area contributed by atoms with Crippen molar-refractivity contribution in [3.8, 4) is 5.88 Å². The van der Waals surface area contributed by atoms with Crippen molar-refractivity contribution in [1.82, 2.24) is 9.97 Å². The van der Waals surface area contributed by atoms with Gasteiger partial charge in [0.25, 0.3) is 0 Å². The fourth-order valence-corrected chi connectivity index (χ4v) is 1.72. The molecule has 0 N–H and O–H groups in total. The number of nitrogens with zero attached hydrogens (tertiary/aromatic N) is 2. The molecule has 16 heavy (non-hydrogen) atoms. The van der Waals surface area contributed by atoms with Crippen LogP contribution >= 0.6 is 11.6 Å². The van der Waals surface area contributed by atoms with Gasteiger partial charge >= 0.3 is 0 Å². The Morgan fingerprint density at radius 2 is 1.94 bits per heavy atom. The van der Waals surface area contributed by atoms with E-state index in [-0.39, 0.29) is 5.28 Å². The minimum Gasteiger partial charge on any atom is -0.481 e. The van der Waals surface area contributed by atoms with Crippen LogP contribution in [0.2, 0.25) is 5.28 Å². The van der Waals surface area contributed by atoms with Crippen molar-refractivity contribution in [2.75, 3.05) is 7.11 Å². The molecule has 90 valence electrons. The summed E-state index contributed by atoms with van der Waals surface area (Å²) in [6.45, 7) is 8.37. The molecule has 0 saturated heterocycles. The van der Waals surface area contributed by atoms with Crippen LogP contribution in [-0.2, 0) is 16.9 Å². The zero-order chi connectivity index (χ0) is 12.3. The van der Waals surface area contributed by atoms with E-state index < -0.39 is 5.60 Å². The first-order valence-electron chi connectivity index (χ1n) is 5.29. The lowest BCUT2D eigenvalue weighted by Crippen LogP contribution is -2.16. The third-order valence-electron chi connectivity index (χ3n) is 2.28. The van der Waals surface area contributed by atoms with Gasteiger partial charge in [0.15, 0.2) is 0 Å². The Bertz CT molecular complexity index is 380.